The Labute approximate surface area is 107 Å². The lowest BCUT2D eigenvalue weighted by atomic mass is 10.1. The van der Waals surface area contributed by atoms with E-state index in [1.165, 1.54) is 7.05 Å². The number of rotatable bonds is 3. The molecule has 5 nitrogen and oxygen atoms in total. The smallest absolute Gasteiger partial charge is 0.321 e. The van der Waals surface area contributed by atoms with Crippen molar-refractivity contribution in [3.05, 3.63) is 29.3 Å². The van der Waals surface area contributed by atoms with Gasteiger partial charge < -0.3 is 10.1 Å². The quantitative estimate of drug-likeness (QED) is 0.854. The highest BCUT2D eigenvalue weighted by atomic mass is 16.5. The first kappa shape index (κ1) is 14.0. The van der Waals surface area contributed by atoms with Crippen LogP contribution in [0.5, 0.6) is 5.75 Å². The molecule has 0 aliphatic rings. The van der Waals surface area contributed by atoms with Gasteiger partial charge in [-0.2, -0.15) is 0 Å². The fourth-order valence-electron chi connectivity index (χ4n) is 1.53. The minimum Gasteiger partial charge on any atom is -0.481 e. The number of nitrogens with one attached hydrogen (secondary N) is 2. The number of amides is 3. The fraction of sp³-hybridized carbons (Fsp3) is 0.385. The van der Waals surface area contributed by atoms with Crippen LogP contribution in [0.3, 0.4) is 0 Å². The van der Waals surface area contributed by atoms with E-state index < -0.39 is 18.0 Å². The zero-order valence-electron chi connectivity index (χ0n) is 11.0. The van der Waals surface area contributed by atoms with E-state index in [1.54, 1.807) is 6.92 Å². The molecule has 0 saturated heterocycles. The summed E-state index contributed by atoms with van der Waals surface area (Å²) in [5.74, 6) is 0.139. The summed E-state index contributed by atoms with van der Waals surface area (Å²) < 4.78 is 5.49. The second kappa shape index (κ2) is 6.05. The van der Waals surface area contributed by atoms with Gasteiger partial charge in [-0.1, -0.05) is 6.07 Å². The molecule has 0 unspecified atom stereocenters. The van der Waals surface area contributed by atoms with Crippen LogP contribution < -0.4 is 15.4 Å². The molecule has 18 heavy (non-hydrogen) atoms. The summed E-state index contributed by atoms with van der Waals surface area (Å²) in [6.45, 7) is 5.50. The highest BCUT2D eigenvalue weighted by Gasteiger charge is 2.16. The first-order valence-electron chi connectivity index (χ1n) is 5.70. The van der Waals surface area contributed by atoms with Crippen molar-refractivity contribution in [3.63, 3.8) is 0 Å². The Morgan fingerprint density at radius 3 is 2.22 bits per heavy atom. The van der Waals surface area contributed by atoms with Crippen molar-refractivity contribution < 1.29 is 14.3 Å². The second-order valence-electron chi connectivity index (χ2n) is 4.15. The number of imide groups is 1. The van der Waals surface area contributed by atoms with Crippen LogP contribution in [0.25, 0.3) is 0 Å². The summed E-state index contributed by atoms with van der Waals surface area (Å²) >= 11 is 0. The van der Waals surface area contributed by atoms with Gasteiger partial charge in [0.2, 0.25) is 0 Å². The first-order chi connectivity index (χ1) is 8.42. The van der Waals surface area contributed by atoms with Crippen LogP contribution in [0.4, 0.5) is 4.79 Å². The normalized spacial score (nSPS) is 11.6. The standard InChI is InChI=1S/C13H18N2O3/c1-8-5-9(2)7-11(6-8)18-10(3)12(16)15-13(17)14-4/h5-7,10H,1-4H3,(H2,14,15,16,17)/t10-/m1/s1. The van der Waals surface area contributed by atoms with E-state index in [0.29, 0.717) is 5.75 Å². The number of carbonyl (C=O) groups excluding carboxylic acids is 2. The van der Waals surface area contributed by atoms with Crippen LogP contribution in [0, 0.1) is 13.8 Å². The van der Waals surface area contributed by atoms with Gasteiger partial charge in [0, 0.05) is 7.05 Å². The molecule has 1 aromatic rings. The largest absolute Gasteiger partial charge is 0.481 e. The molecule has 0 radical (unpaired) electrons. The Bertz CT molecular complexity index is 437. The third-order valence-electron chi connectivity index (χ3n) is 2.34. The summed E-state index contributed by atoms with van der Waals surface area (Å²) in [6, 6.07) is 5.16. The van der Waals surface area contributed by atoms with Gasteiger partial charge in [-0.25, -0.2) is 4.79 Å². The number of benzene rings is 1. The summed E-state index contributed by atoms with van der Waals surface area (Å²) in [7, 11) is 1.44. The van der Waals surface area contributed by atoms with Crippen molar-refractivity contribution >= 4 is 11.9 Å². The molecule has 0 heterocycles. The number of urea groups is 1. The molecule has 0 fully saturated rings. The summed E-state index contributed by atoms with van der Waals surface area (Å²) in [6.07, 6.45) is -0.733. The van der Waals surface area contributed by atoms with Crippen molar-refractivity contribution in [1.29, 1.82) is 0 Å². The van der Waals surface area contributed by atoms with Gasteiger partial charge in [-0.15, -0.1) is 0 Å². The maximum atomic E-state index is 11.6. The Morgan fingerprint density at radius 1 is 1.17 bits per heavy atom. The SMILES string of the molecule is CNC(=O)NC(=O)[C@@H](C)Oc1cc(C)cc(C)c1. The van der Waals surface area contributed by atoms with Crippen molar-refractivity contribution in [2.24, 2.45) is 0 Å². The second-order valence-corrected chi connectivity index (χ2v) is 4.15. The van der Waals surface area contributed by atoms with E-state index in [1.807, 2.05) is 32.0 Å². The van der Waals surface area contributed by atoms with Gasteiger partial charge in [-0.05, 0) is 44.0 Å². The van der Waals surface area contributed by atoms with Crippen LogP contribution in [-0.2, 0) is 4.79 Å². The molecule has 1 rings (SSSR count). The van der Waals surface area contributed by atoms with Gasteiger partial charge in [-0.3, -0.25) is 10.1 Å². The van der Waals surface area contributed by atoms with Gasteiger partial charge >= 0.3 is 6.03 Å². The van der Waals surface area contributed by atoms with E-state index in [4.69, 9.17) is 4.74 Å². The van der Waals surface area contributed by atoms with Crippen molar-refractivity contribution in [1.82, 2.24) is 10.6 Å². The van der Waals surface area contributed by atoms with Crippen LogP contribution >= 0.6 is 0 Å². The molecular weight excluding hydrogens is 232 g/mol. The fourth-order valence-corrected chi connectivity index (χ4v) is 1.53. The molecule has 3 amide bonds. The topological polar surface area (TPSA) is 67.4 Å². The molecular formula is C13H18N2O3. The van der Waals surface area contributed by atoms with Gasteiger partial charge in [0.25, 0.3) is 5.91 Å². The van der Waals surface area contributed by atoms with Crippen molar-refractivity contribution in [2.45, 2.75) is 26.9 Å². The first-order valence-corrected chi connectivity index (χ1v) is 5.70. The lowest BCUT2D eigenvalue weighted by molar-refractivity contribution is -0.126. The molecule has 1 atom stereocenters. The van der Waals surface area contributed by atoms with Crippen molar-refractivity contribution in [2.75, 3.05) is 7.05 Å². The molecule has 2 N–H and O–H groups in total. The molecule has 0 aliphatic carbocycles. The molecule has 98 valence electrons. The van der Waals surface area contributed by atoms with E-state index in [-0.39, 0.29) is 0 Å². The van der Waals surface area contributed by atoms with E-state index in [2.05, 4.69) is 10.6 Å². The lowest BCUT2D eigenvalue weighted by Crippen LogP contribution is -2.43. The minimum absolute atomic E-state index is 0.478. The Kier molecular flexibility index (Phi) is 4.71. The molecule has 0 aromatic heterocycles. The highest BCUT2D eigenvalue weighted by molar-refractivity contribution is 5.96. The van der Waals surface area contributed by atoms with Crippen molar-refractivity contribution in [3.8, 4) is 5.75 Å². The van der Waals surface area contributed by atoms with Gasteiger partial charge in [0.15, 0.2) is 6.10 Å². The molecule has 0 bridgehead atoms. The summed E-state index contributed by atoms with van der Waals surface area (Å²) in [5, 5.41) is 4.47. The van der Waals surface area contributed by atoms with Crippen LogP contribution in [0.15, 0.2) is 18.2 Å². The Hall–Kier alpha value is -2.04. The van der Waals surface area contributed by atoms with Crippen LogP contribution in [0.2, 0.25) is 0 Å². The Morgan fingerprint density at radius 2 is 1.72 bits per heavy atom. The van der Waals surface area contributed by atoms with Gasteiger partial charge in [0.05, 0.1) is 0 Å². The molecule has 1 aromatic carbocycles. The molecule has 0 aliphatic heterocycles. The zero-order chi connectivity index (χ0) is 13.7. The highest BCUT2D eigenvalue weighted by Crippen LogP contribution is 2.17. The number of aryl methyl sites for hydroxylation is 2. The summed E-state index contributed by atoms with van der Waals surface area (Å²) in [5.41, 5.74) is 2.12. The zero-order valence-corrected chi connectivity index (χ0v) is 11.0. The number of ether oxygens (including phenoxy) is 1. The molecule has 5 heteroatoms. The number of hydrogen-bond donors (Lipinski definition) is 2. The van der Waals surface area contributed by atoms with Crippen LogP contribution in [-0.4, -0.2) is 25.1 Å². The van der Waals surface area contributed by atoms with Gasteiger partial charge in [0.1, 0.15) is 5.75 Å². The average Bonchev–Trinajstić information content (AvgIpc) is 2.27. The third-order valence-corrected chi connectivity index (χ3v) is 2.34. The van der Waals surface area contributed by atoms with Crippen LogP contribution in [0.1, 0.15) is 18.1 Å². The number of carbonyl (C=O) groups is 2. The maximum absolute atomic E-state index is 11.6. The number of hydrogen-bond acceptors (Lipinski definition) is 3. The molecule has 0 saturated carbocycles. The summed E-state index contributed by atoms with van der Waals surface area (Å²) in [4.78, 5) is 22.6. The Balaban J connectivity index is 2.66. The third kappa shape index (κ3) is 4.08. The minimum atomic E-state index is -0.733. The van der Waals surface area contributed by atoms with E-state index >= 15 is 0 Å². The average molecular weight is 250 g/mol. The monoisotopic (exact) mass is 250 g/mol. The maximum Gasteiger partial charge on any atom is 0.321 e. The van der Waals surface area contributed by atoms with E-state index in [9.17, 15) is 9.59 Å². The van der Waals surface area contributed by atoms with E-state index in [0.717, 1.165) is 11.1 Å². The molecule has 0 spiro atoms. The lowest BCUT2D eigenvalue weighted by Gasteiger charge is -2.14. The predicted octanol–water partition coefficient (Wildman–Crippen LogP) is 1.53. The predicted molar refractivity (Wildman–Crippen MR) is 68.6 cm³/mol.